The van der Waals surface area contributed by atoms with Crippen LogP contribution >= 0.6 is 0 Å². The number of aryl methyl sites for hydroxylation is 2. The van der Waals surface area contributed by atoms with E-state index in [2.05, 4.69) is 10.3 Å². The molecule has 0 radical (unpaired) electrons. The molecule has 1 aromatic heterocycles. The van der Waals surface area contributed by atoms with Crippen molar-refractivity contribution in [3.8, 4) is 0 Å². The summed E-state index contributed by atoms with van der Waals surface area (Å²) >= 11 is 0. The molecule has 2 aliphatic heterocycles. The quantitative estimate of drug-likeness (QED) is 0.810. The highest BCUT2D eigenvalue weighted by atomic mass is 16.4. The molecule has 18 heavy (non-hydrogen) atoms. The SMILES string of the molecule is Cc1nc(C)c(C(=O)N2CCC3NCCC3C2)o1. The van der Waals surface area contributed by atoms with E-state index in [0.717, 1.165) is 26.1 Å². The first-order valence-electron chi connectivity index (χ1n) is 6.62. The van der Waals surface area contributed by atoms with E-state index in [1.807, 2.05) is 11.8 Å². The van der Waals surface area contributed by atoms with Gasteiger partial charge < -0.3 is 14.6 Å². The lowest BCUT2D eigenvalue weighted by molar-refractivity contribution is 0.0627. The first kappa shape index (κ1) is 11.7. The summed E-state index contributed by atoms with van der Waals surface area (Å²) in [5, 5.41) is 3.50. The average molecular weight is 249 g/mol. The Hall–Kier alpha value is -1.36. The summed E-state index contributed by atoms with van der Waals surface area (Å²) in [6.45, 7) is 6.34. The van der Waals surface area contributed by atoms with E-state index >= 15 is 0 Å². The predicted octanol–water partition coefficient (Wildman–Crippen LogP) is 1.12. The molecule has 1 N–H and O–H groups in total. The Morgan fingerprint density at radius 3 is 3.00 bits per heavy atom. The molecule has 5 heteroatoms. The van der Waals surface area contributed by atoms with E-state index in [0.29, 0.717) is 29.3 Å². The van der Waals surface area contributed by atoms with E-state index in [-0.39, 0.29) is 5.91 Å². The number of carbonyl (C=O) groups excluding carboxylic acids is 1. The molecular formula is C13H19N3O2. The first-order valence-corrected chi connectivity index (χ1v) is 6.62. The molecule has 1 amide bonds. The van der Waals surface area contributed by atoms with Gasteiger partial charge in [-0.1, -0.05) is 0 Å². The van der Waals surface area contributed by atoms with E-state index in [1.165, 1.54) is 6.42 Å². The highest BCUT2D eigenvalue weighted by Gasteiger charge is 2.35. The molecule has 98 valence electrons. The van der Waals surface area contributed by atoms with Gasteiger partial charge >= 0.3 is 0 Å². The lowest BCUT2D eigenvalue weighted by Gasteiger charge is -2.34. The topological polar surface area (TPSA) is 58.4 Å². The number of piperidine rings is 1. The van der Waals surface area contributed by atoms with Crippen LogP contribution in [0, 0.1) is 19.8 Å². The monoisotopic (exact) mass is 249 g/mol. The van der Waals surface area contributed by atoms with Crippen molar-refractivity contribution in [3.63, 3.8) is 0 Å². The number of hydrogen-bond donors (Lipinski definition) is 1. The Balaban J connectivity index is 1.75. The zero-order valence-corrected chi connectivity index (χ0v) is 10.9. The van der Waals surface area contributed by atoms with Crippen LogP contribution in [0.4, 0.5) is 0 Å². The second kappa shape index (κ2) is 4.39. The van der Waals surface area contributed by atoms with Crippen molar-refractivity contribution < 1.29 is 9.21 Å². The van der Waals surface area contributed by atoms with E-state index in [4.69, 9.17) is 4.42 Å². The fourth-order valence-corrected chi connectivity index (χ4v) is 3.11. The third kappa shape index (κ3) is 1.92. The standard InChI is InChI=1S/C13H19N3O2/c1-8-12(18-9(2)15-8)13(17)16-6-4-11-10(7-16)3-5-14-11/h10-11,14H,3-7H2,1-2H3. The molecule has 2 saturated heterocycles. The molecule has 3 rings (SSSR count). The molecule has 0 saturated carbocycles. The molecule has 3 heterocycles. The summed E-state index contributed by atoms with van der Waals surface area (Å²) in [5.41, 5.74) is 0.698. The van der Waals surface area contributed by atoms with Gasteiger partial charge in [0.25, 0.3) is 5.91 Å². The van der Waals surface area contributed by atoms with Gasteiger partial charge in [-0.15, -0.1) is 0 Å². The van der Waals surface area contributed by atoms with Crippen LogP contribution in [0.15, 0.2) is 4.42 Å². The first-order chi connectivity index (χ1) is 8.65. The number of fused-ring (bicyclic) bond motifs is 1. The lowest BCUT2D eigenvalue weighted by Crippen LogP contribution is -2.46. The number of nitrogens with zero attached hydrogens (tertiary/aromatic N) is 2. The minimum absolute atomic E-state index is 0.00144. The fourth-order valence-electron chi connectivity index (χ4n) is 3.11. The van der Waals surface area contributed by atoms with Gasteiger partial charge in [-0.3, -0.25) is 4.79 Å². The largest absolute Gasteiger partial charge is 0.436 e. The molecule has 0 bridgehead atoms. The summed E-state index contributed by atoms with van der Waals surface area (Å²) in [4.78, 5) is 18.5. The number of hydrogen-bond acceptors (Lipinski definition) is 4. The van der Waals surface area contributed by atoms with Crippen molar-refractivity contribution in [1.82, 2.24) is 15.2 Å². The van der Waals surface area contributed by atoms with Crippen molar-refractivity contribution >= 4 is 5.91 Å². The summed E-state index contributed by atoms with van der Waals surface area (Å²) in [5.74, 6) is 1.58. The van der Waals surface area contributed by atoms with E-state index < -0.39 is 0 Å². The van der Waals surface area contributed by atoms with Crippen molar-refractivity contribution in [2.75, 3.05) is 19.6 Å². The van der Waals surface area contributed by atoms with Crippen LogP contribution in [0.2, 0.25) is 0 Å². The van der Waals surface area contributed by atoms with Crippen LogP contribution in [0.5, 0.6) is 0 Å². The van der Waals surface area contributed by atoms with Crippen LogP contribution in [0.1, 0.15) is 35.0 Å². The number of amides is 1. The summed E-state index contributed by atoms with van der Waals surface area (Å²) in [6.07, 6.45) is 2.21. The van der Waals surface area contributed by atoms with Crippen LogP contribution < -0.4 is 5.32 Å². The number of oxazole rings is 1. The summed E-state index contributed by atoms with van der Waals surface area (Å²) in [7, 11) is 0. The predicted molar refractivity (Wildman–Crippen MR) is 66.4 cm³/mol. The molecule has 2 unspecified atom stereocenters. The third-order valence-corrected chi connectivity index (χ3v) is 4.04. The van der Waals surface area contributed by atoms with Crippen LogP contribution in [0.3, 0.4) is 0 Å². The Morgan fingerprint density at radius 2 is 2.28 bits per heavy atom. The smallest absolute Gasteiger partial charge is 0.291 e. The second-order valence-corrected chi connectivity index (χ2v) is 5.30. The minimum Gasteiger partial charge on any atom is -0.436 e. The van der Waals surface area contributed by atoms with Gasteiger partial charge in [0.2, 0.25) is 5.76 Å². The highest BCUT2D eigenvalue weighted by Crippen LogP contribution is 2.26. The molecule has 5 nitrogen and oxygen atoms in total. The molecular weight excluding hydrogens is 230 g/mol. The third-order valence-electron chi connectivity index (χ3n) is 4.04. The maximum atomic E-state index is 12.4. The lowest BCUT2D eigenvalue weighted by atomic mass is 9.93. The van der Waals surface area contributed by atoms with Crippen LogP contribution in [0.25, 0.3) is 0 Å². The van der Waals surface area contributed by atoms with Crippen molar-refractivity contribution in [3.05, 3.63) is 17.3 Å². The number of nitrogens with one attached hydrogen (secondary N) is 1. The Morgan fingerprint density at radius 1 is 1.44 bits per heavy atom. The van der Waals surface area contributed by atoms with Gasteiger partial charge in [0.15, 0.2) is 5.89 Å². The zero-order valence-electron chi connectivity index (χ0n) is 10.9. The second-order valence-electron chi connectivity index (χ2n) is 5.30. The Bertz CT molecular complexity index is 469. The number of carbonyl (C=O) groups is 1. The van der Waals surface area contributed by atoms with Crippen molar-refractivity contribution in [2.45, 2.75) is 32.7 Å². The molecule has 2 fully saturated rings. The number of aromatic nitrogens is 1. The Kier molecular flexibility index (Phi) is 2.86. The van der Waals surface area contributed by atoms with Gasteiger partial charge in [0, 0.05) is 26.1 Å². The number of rotatable bonds is 1. The van der Waals surface area contributed by atoms with Crippen molar-refractivity contribution in [2.24, 2.45) is 5.92 Å². The van der Waals surface area contributed by atoms with Gasteiger partial charge in [0.05, 0.1) is 5.69 Å². The summed E-state index contributed by atoms with van der Waals surface area (Å²) in [6, 6.07) is 0.603. The minimum atomic E-state index is -0.00144. The average Bonchev–Trinajstić information content (AvgIpc) is 2.93. The molecule has 2 atom stereocenters. The molecule has 2 aliphatic rings. The van der Waals surface area contributed by atoms with Crippen molar-refractivity contribution in [1.29, 1.82) is 0 Å². The van der Waals surface area contributed by atoms with Crippen LogP contribution in [-0.2, 0) is 0 Å². The van der Waals surface area contributed by atoms with Gasteiger partial charge in [-0.2, -0.15) is 0 Å². The fraction of sp³-hybridized carbons (Fsp3) is 0.692. The Labute approximate surface area is 107 Å². The molecule has 0 aliphatic carbocycles. The highest BCUT2D eigenvalue weighted by molar-refractivity contribution is 5.92. The molecule has 1 aromatic rings. The van der Waals surface area contributed by atoms with Crippen LogP contribution in [-0.4, -0.2) is 41.5 Å². The van der Waals surface area contributed by atoms with Gasteiger partial charge in [-0.05, 0) is 32.2 Å². The number of likely N-dealkylation sites (tertiary alicyclic amines) is 1. The maximum absolute atomic E-state index is 12.4. The van der Waals surface area contributed by atoms with Gasteiger partial charge in [0.1, 0.15) is 0 Å². The zero-order chi connectivity index (χ0) is 12.7. The maximum Gasteiger partial charge on any atom is 0.291 e. The molecule has 0 aromatic carbocycles. The van der Waals surface area contributed by atoms with E-state index in [1.54, 1.807) is 6.92 Å². The summed E-state index contributed by atoms with van der Waals surface area (Å²) < 4.78 is 5.42. The van der Waals surface area contributed by atoms with Gasteiger partial charge in [-0.25, -0.2) is 4.98 Å². The molecule has 0 spiro atoms. The van der Waals surface area contributed by atoms with E-state index in [9.17, 15) is 4.79 Å². The normalized spacial score (nSPS) is 27.3.